The third-order valence-electron chi connectivity index (χ3n) is 4.66. The number of sulfonamides is 1. The van der Waals surface area contributed by atoms with Crippen LogP contribution in [0.1, 0.15) is 36.7 Å². The van der Waals surface area contributed by atoms with Crippen molar-refractivity contribution in [3.05, 3.63) is 59.7 Å². The number of hydrogen-bond acceptors (Lipinski definition) is 5. The Labute approximate surface area is 166 Å². The Morgan fingerprint density at radius 3 is 2.14 bits per heavy atom. The zero-order chi connectivity index (χ0) is 20.3. The van der Waals surface area contributed by atoms with Crippen LogP contribution in [0.5, 0.6) is 5.75 Å². The summed E-state index contributed by atoms with van der Waals surface area (Å²) in [6.07, 6.45) is 0.587. The maximum Gasteiger partial charge on any atom is 0.343 e. The minimum absolute atomic E-state index is 0.151. The van der Waals surface area contributed by atoms with E-state index in [9.17, 15) is 13.2 Å². The molecule has 150 valence electrons. The first-order chi connectivity index (χ1) is 13.3. The van der Waals surface area contributed by atoms with Gasteiger partial charge >= 0.3 is 5.97 Å². The topological polar surface area (TPSA) is 72.9 Å². The Morgan fingerprint density at radius 1 is 1.04 bits per heavy atom. The van der Waals surface area contributed by atoms with E-state index < -0.39 is 16.0 Å². The molecule has 0 aromatic heterocycles. The van der Waals surface area contributed by atoms with Gasteiger partial charge in [0.1, 0.15) is 5.75 Å². The molecule has 2 atom stereocenters. The molecule has 2 aromatic carbocycles. The average molecular weight is 404 g/mol. The monoisotopic (exact) mass is 403 g/mol. The van der Waals surface area contributed by atoms with Crippen molar-refractivity contribution in [3.63, 3.8) is 0 Å². The molecule has 2 aromatic rings. The molecule has 6 nitrogen and oxygen atoms in total. The van der Waals surface area contributed by atoms with Gasteiger partial charge < -0.3 is 9.47 Å². The van der Waals surface area contributed by atoms with Gasteiger partial charge in [-0.1, -0.05) is 19.1 Å². The summed E-state index contributed by atoms with van der Waals surface area (Å²) in [5, 5.41) is 0. The van der Waals surface area contributed by atoms with Crippen molar-refractivity contribution in [2.75, 3.05) is 13.1 Å². The molecule has 0 bridgehead atoms. The summed E-state index contributed by atoms with van der Waals surface area (Å²) in [4.78, 5) is 12.5. The second kappa shape index (κ2) is 8.43. The number of morpholine rings is 1. The van der Waals surface area contributed by atoms with E-state index in [0.29, 0.717) is 24.4 Å². The number of benzene rings is 2. The molecular weight excluding hydrogens is 378 g/mol. The minimum atomic E-state index is -3.64. The van der Waals surface area contributed by atoms with Gasteiger partial charge in [-0.3, -0.25) is 0 Å². The highest BCUT2D eigenvalue weighted by Crippen LogP contribution is 2.22. The first-order valence-electron chi connectivity index (χ1n) is 9.36. The fourth-order valence-electron chi connectivity index (χ4n) is 3.20. The molecule has 3 rings (SSSR count). The second-order valence-corrected chi connectivity index (χ2v) is 8.93. The number of ether oxygens (including phenoxy) is 2. The summed E-state index contributed by atoms with van der Waals surface area (Å²) >= 11 is 0. The molecule has 0 radical (unpaired) electrons. The number of esters is 1. The number of rotatable bonds is 5. The lowest BCUT2D eigenvalue weighted by Crippen LogP contribution is -2.48. The number of carbonyl (C=O) groups excluding carboxylic acids is 1. The Morgan fingerprint density at radius 2 is 1.61 bits per heavy atom. The van der Waals surface area contributed by atoms with Crippen molar-refractivity contribution in [1.82, 2.24) is 4.31 Å². The number of carbonyl (C=O) groups is 1. The number of aryl methyl sites for hydroxylation is 1. The van der Waals surface area contributed by atoms with Crippen molar-refractivity contribution < 1.29 is 22.7 Å². The van der Waals surface area contributed by atoms with Crippen molar-refractivity contribution >= 4 is 16.0 Å². The molecule has 0 saturated carbocycles. The SMILES string of the molecule is CCc1ccc(OC(=O)c2ccc(S(=O)(=O)N3C[C@@H](C)O[C@H](C)C3)cc2)cc1. The molecule has 0 aliphatic carbocycles. The van der Waals surface area contributed by atoms with E-state index in [1.165, 1.54) is 28.6 Å². The minimum Gasteiger partial charge on any atom is -0.423 e. The fraction of sp³-hybridized carbons (Fsp3) is 0.381. The summed E-state index contributed by atoms with van der Waals surface area (Å²) in [7, 11) is -3.64. The van der Waals surface area contributed by atoms with Crippen molar-refractivity contribution in [2.45, 2.75) is 44.3 Å². The zero-order valence-corrected chi connectivity index (χ0v) is 17.1. The molecule has 1 aliphatic heterocycles. The van der Waals surface area contributed by atoms with Gasteiger partial charge in [0, 0.05) is 13.1 Å². The number of nitrogens with zero attached hydrogens (tertiary/aromatic N) is 1. The molecule has 0 spiro atoms. The van der Waals surface area contributed by atoms with Gasteiger partial charge in [0.25, 0.3) is 0 Å². The molecule has 7 heteroatoms. The lowest BCUT2D eigenvalue weighted by molar-refractivity contribution is -0.0440. The predicted molar refractivity (Wildman–Crippen MR) is 106 cm³/mol. The maximum atomic E-state index is 12.9. The Hall–Kier alpha value is -2.22. The third-order valence-corrected chi connectivity index (χ3v) is 6.50. The highest BCUT2D eigenvalue weighted by molar-refractivity contribution is 7.89. The van der Waals surface area contributed by atoms with Crippen LogP contribution >= 0.6 is 0 Å². The summed E-state index contributed by atoms with van der Waals surface area (Å²) in [6, 6.07) is 13.1. The van der Waals surface area contributed by atoms with Crippen LogP contribution in [0.2, 0.25) is 0 Å². The van der Waals surface area contributed by atoms with Gasteiger partial charge in [0.15, 0.2) is 0 Å². The van der Waals surface area contributed by atoms with Gasteiger partial charge in [0.05, 0.1) is 22.7 Å². The van der Waals surface area contributed by atoms with Gasteiger partial charge in [-0.25, -0.2) is 13.2 Å². The first kappa shape index (κ1) is 20.5. The lowest BCUT2D eigenvalue weighted by Gasteiger charge is -2.34. The third kappa shape index (κ3) is 4.60. The van der Waals surface area contributed by atoms with Crippen molar-refractivity contribution in [2.24, 2.45) is 0 Å². The quantitative estimate of drug-likeness (QED) is 0.566. The van der Waals surface area contributed by atoms with Crippen molar-refractivity contribution in [3.8, 4) is 5.75 Å². The van der Waals surface area contributed by atoms with Crippen LogP contribution in [-0.2, 0) is 21.2 Å². The van der Waals surface area contributed by atoms with Crippen LogP contribution in [0.15, 0.2) is 53.4 Å². The molecule has 1 heterocycles. The summed E-state index contributed by atoms with van der Waals surface area (Å²) in [6.45, 7) is 6.37. The molecule has 0 amide bonds. The Bertz CT molecular complexity index is 912. The molecule has 28 heavy (non-hydrogen) atoms. The van der Waals surface area contributed by atoms with Crippen LogP contribution < -0.4 is 4.74 Å². The maximum absolute atomic E-state index is 12.9. The van der Waals surface area contributed by atoms with Crippen LogP contribution in [-0.4, -0.2) is 44.0 Å². The van der Waals surface area contributed by atoms with E-state index in [-0.39, 0.29) is 17.1 Å². The van der Waals surface area contributed by atoms with Gasteiger partial charge in [-0.2, -0.15) is 4.31 Å². The molecule has 1 fully saturated rings. The highest BCUT2D eigenvalue weighted by atomic mass is 32.2. The van der Waals surface area contributed by atoms with Gasteiger partial charge in [0.2, 0.25) is 10.0 Å². The van der Waals surface area contributed by atoms with E-state index in [0.717, 1.165) is 12.0 Å². The highest BCUT2D eigenvalue weighted by Gasteiger charge is 2.32. The molecule has 0 unspecified atom stereocenters. The summed E-state index contributed by atoms with van der Waals surface area (Å²) < 4.78 is 38.1. The fourth-order valence-corrected chi connectivity index (χ4v) is 4.79. The normalized spacial score (nSPS) is 20.7. The molecule has 0 N–H and O–H groups in total. The van der Waals surface area contributed by atoms with E-state index in [2.05, 4.69) is 6.92 Å². The van der Waals surface area contributed by atoms with Crippen LogP contribution in [0.3, 0.4) is 0 Å². The van der Waals surface area contributed by atoms with Crippen LogP contribution in [0, 0.1) is 0 Å². The van der Waals surface area contributed by atoms with Crippen LogP contribution in [0.25, 0.3) is 0 Å². The zero-order valence-electron chi connectivity index (χ0n) is 16.3. The van der Waals surface area contributed by atoms with E-state index in [1.54, 1.807) is 12.1 Å². The predicted octanol–water partition coefficient (Wildman–Crippen LogP) is 3.27. The number of hydrogen-bond donors (Lipinski definition) is 0. The smallest absolute Gasteiger partial charge is 0.343 e. The molecular formula is C21H25NO5S. The molecule has 1 aliphatic rings. The van der Waals surface area contributed by atoms with E-state index >= 15 is 0 Å². The van der Waals surface area contributed by atoms with Crippen LogP contribution in [0.4, 0.5) is 0 Å². The van der Waals surface area contributed by atoms with Gasteiger partial charge in [-0.05, 0) is 62.2 Å². The largest absolute Gasteiger partial charge is 0.423 e. The summed E-state index contributed by atoms with van der Waals surface area (Å²) in [5.41, 5.74) is 1.45. The van der Waals surface area contributed by atoms with Gasteiger partial charge in [-0.15, -0.1) is 0 Å². The Kier molecular flexibility index (Phi) is 6.17. The van der Waals surface area contributed by atoms with E-state index in [1.807, 2.05) is 26.0 Å². The van der Waals surface area contributed by atoms with Crippen molar-refractivity contribution in [1.29, 1.82) is 0 Å². The standard InChI is InChI=1S/C21H25NO5S/c1-4-17-5-9-19(10-6-17)27-21(23)18-7-11-20(12-8-18)28(24,25)22-13-15(2)26-16(3)14-22/h5-12,15-16H,4,13-14H2,1-3H3/t15-,16-/m1/s1. The molecule has 1 saturated heterocycles. The Balaban J connectivity index is 1.72. The first-order valence-corrected chi connectivity index (χ1v) is 10.8. The lowest BCUT2D eigenvalue weighted by atomic mass is 10.2. The van der Waals surface area contributed by atoms with E-state index in [4.69, 9.17) is 9.47 Å². The second-order valence-electron chi connectivity index (χ2n) is 6.99. The average Bonchev–Trinajstić information content (AvgIpc) is 2.68. The summed E-state index contributed by atoms with van der Waals surface area (Å²) in [5.74, 6) is -0.0722.